The lowest BCUT2D eigenvalue weighted by atomic mass is 10.1. The topological polar surface area (TPSA) is 64.9 Å². The van der Waals surface area contributed by atoms with E-state index in [2.05, 4.69) is 10.1 Å². The van der Waals surface area contributed by atoms with E-state index >= 15 is 0 Å². The molecule has 0 amide bonds. The van der Waals surface area contributed by atoms with E-state index in [0.29, 0.717) is 17.5 Å². The van der Waals surface area contributed by atoms with Crippen molar-refractivity contribution >= 4 is 23.4 Å². The van der Waals surface area contributed by atoms with Crippen LogP contribution in [0.1, 0.15) is 25.6 Å². The minimum atomic E-state index is -0.601. The first kappa shape index (κ1) is 13.4. The fourth-order valence-electron chi connectivity index (χ4n) is 1.25. The van der Waals surface area contributed by atoms with Gasteiger partial charge < -0.3 is 10.3 Å². The lowest BCUT2D eigenvalue weighted by molar-refractivity contribution is 0.310. The van der Waals surface area contributed by atoms with Crippen molar-refractivity contribution in [2.24, 2.45) is 5.73 Å². The van der Waals surface area contributed by atoms with Gasteiger partial charge in [-0.1, -0.05) is 16.8 Å². The smallest absolute Gasteiger partial charge is 0.246 e. The quantitative estimate of drug-likeness (QED) is 0.873. The summed E-state index contributed by atoms with van der Waals surface area (Å²) in [6.07, 6.45) is 0. The van der Waals surface area contributed by atoms with Gasteiger partial charge in [0.1, 0.15) is 0 Å². The van der Waals surface area contributed by atoms with Crippen LogP contribution in [-0.2, 0) is 11.3 Å². The van der Waals surface area contributed by atoms with Crippen LogP contribution in [0.3, 0.4) is 0 Å². The molecule has 2 N–H and O–H groups in total. The van der Waals surface area contributed by atoms with Crippen LogP contribution in [0.4, 0.5) is 0 Å². The summed E-state index contributed by atoms with van der Waals surface area (Å²) < 4.78 is 5.12. The predicted octanol–water partition coefficient (Wildman–Crippen LogP) is 3.21. The summed E-state index contributed by atoms with van der Waals surface area (Å²) in [5.41, 5.74) is 5.28. The second-order valence-corrected chi connectivity index (χ2v) is 5.97. The van der Waals surface area contributed by atoms with Gasteiger partial charge in [0.25, 0.3) is 0 Å². The van der Waals surface area contributed by atoms with Crippen molar-refractivity contribution in [2.45, 2.75) is 30.0 Å². The van der Waals surface area contributed by atoms with E-state index in [0.717, 1.165) is 9.92 Å². The van der Waals surface area contributed by atoms with Crippen LogP contribution >= 0.6 is 23.4 Å². The summed E-state index contributed by atoms with van der Waals surface area (Å²) in [5.74, 6) is 1.74. The molecule has 0 aliphatic heterocycles. The molecule has 6 heteroatoms. The number of rotatable bonds is 4. The first-order chi connectivity index (χ1) is 8.45. The molecule has 0 aliphatic rings. The van der Waals surface area contributed by atoms with E-state index in [-0.39, 0.29) is 0 Å². The maximum atomic E-state index is 5.88. The van der Waals surface area contributed by atoms with Crippen molar-refractivity contribution in [2.75, 3.05) is 0 Å². The van der Waals surface area contributed by atoms with Crippen LogP contribution in [-0.4, -0.2) is 10.1 Å². The Morgan fingerprint density at radius 2 is 2.00 bits per heavy atom. The van der Waals surface area contributed by atoms with Crippen molar-refractivity contribution in [1.29, 1.82) is 0 Å². The van der Waals surface area contributed by atoms with E-state index in [9.17, 15) is 0 Å². The number of benzene rings is 1. The number of hydrogen-bond donors (Lipinski definition) is 1. The first-order valence-electron chi connectivity index (χ1n) is 5.45. The number of nitrogens with two attached hydrogens (primary N) is 1. The Balaban J connectivity index is 1.98. The molecular weight excluding hydrogens is 270 g/mol. The third-order valence-corrected chi connectivity index (χ3v) is 3.46. The molecule has 0 unspecified atom stereocenters. The fourth-order valence-corrected chi connectivity index (χ4v) is 2.12. The average Bonchev–Trinajstić information content (AvgIpc) is 2.77. The fraction of sp³-hybridized carbons (Fsp3) is 0.333. The van der Waals surface area contributed by atoms with Crippen LogP contribution in [0, 0.1) is 0 Å². The zero-order valence-electron chi connectivity index (χ0n) is 10.2. The van der Waals surface area contributed by atoms with Crippen LogP contribution in [0.25, 0.3) is 0 Å². The molecule has 0 saturated heterocycles. The number of halogens is 1. The Morgan fingerprint density at radius 3 is 2.56 bits per heavy atom. The molecule has 0 spiro atoms. The molecular formula is C12H14ClN3OS. The molecule has 18 heavy (non-hydrogen) atoms. The molecule has 1 aromatic carbocycles. The van der Waals surface area contributed by atoms with Gasteiger partial charge in [-0.2, -0.15) is 4.98 Å². The molecule has 0 radical (unpaired) electrons. The standard InChI is InChI=1S/C12H14ClN3OS/c1-12(2,14)11-15-10(16-17-11)7-18-9-5-3-8(13)4-6-9/h3-6H,7,14H2,1-2H3. The Morgan fingerprint density at radius 1 is 1.33 bits per heavy atom. The van der Waals surface area contributed by atoms with Gasteiger partial charge in [-0.25, -0.2) is 0 Å². The molecule has 2 aromatic rings. The highest BCUT2D eigenvalue weighted by Gasteiger charge is 2.22. The molecule has 2 rings (SSSR count). The van der Waals surface area contributed by atoms with Gasteiger partial charge in [0.05, 0.1) is 11.3 Å². The number of thioether (sulfide) groups is 1. The molecule has 0 fully saturated rings. The van der Waals surface area contributed by atoms with E-state index in [1.54, 1.807) is 11.8 Å². The summed E-state index contributed by atoms with van der Waals surface area (Å²) >= 11 is 7.44. The Kier molecular flexibility index (Phi) is 3.94. The number of aromatic nitrogens is 2. The van der Waals surface area contributed by atoms with E-state index in [1.165, 1.54) is 0 Å². The van der Waals surface area contributed by atoms with E-state index in [1.807, 2.05) is 38.1 Å². The van der Waals surface area contributed by atoms with Crippen LogP contribution in [0.2, 0.25) is 5.02 Å². The zero-order valence-corrected chi connectivity index (χ0v) is 11.8. The third-order valence-electron chi connectivity index (χ3n) is 2.20. The van der Waals surface area contributed by atoms with Gasteiger partial charge in [0.2, 0.25) is 5.89 Å². The second kappa shape index (κ2) is 5.30. The molecule has 1 aromatic heterocycles. The molecule has 0 saturated carbocycles. The molecule has 0 bridgehead atoms. The third kappa shape index (κ3) is 3.48. The van der Waals surface area contributed by atoms with Gasteiger partial charge in [0.15, 0.2) is 5.82 Å². The SMILES string of the molecule is CC(C)(N)c1nc(CSc2ccc(Cl)cc2)no1. The summed E-state index contributed by atoms with van der Waals surface area (Å²) in [6, 6.07) is 7.63. The van der Waals surface area contributed by atoms with Gasteiger partial charge >= 0.3 is 0 Å². The molecule has 4 nitrogen and oxygen atoms in total. The lowest BCUT2D eigenvalue weighted by Gasteiger charge is -2.10. The summed E-state index contributed by atoms with van der Waals surface area (Å²) in [5, 5.41) is 4.63. The highest BCUT2D eigenvalue weighted by Crippen LogP contribution is 2.24. The predicted molar refractivity (Wildman–Crippen MR) is 72.5 cm³/mol. The summed E-state index contributed by atoms with van der Waals surface area (Å²) in [6.45, 7) is 3.66. The minimum absolute atomic E-state index is 0.453. The zero-order chi connectivity index (χ0) is 13.2. The average molecular weight is 284 g/mol. The first-order valence-corrected chi connectivity index (χ1v) is 6.82. The van der Waals surface area contributed by atoms with Crippen molar-refractivity contribution in [3.63, 3.8) is 0 Å². The molecule has 0 atom stereocenters. The minimum Gasteiger partial charge on any atom is -0.337 e. The van der Waals surface area contributed by atoms with Crippen molar-refractivity contribution in [3.8, 4) is 0 Å². The Labute approximate surface area is 115 Å². The van der Waals surface area contributed by atoms with Crippen molar-refractivity contribution in [3.05, 3.63) is 41.0 Å². The van der Waals surface area contributed by atoms with Crippen molar-refractivity contribution < 1.29 is 4.52 Å². The highest BCUT2D eigenvalue weighted by atomic mass is 35.5. The second-order valence-electron chi connectivity index (χ2n) is 4.48. The monoisotopic (exact) mass is 283 g/mol. The van der Waals surface area contributed by atoms with E-state index in [4.69, 9.17) is 21.9 Å². The van der Waals surface area contributed by atoms with Crippen molar-refractivity contribution in [1.82, 2.24) is 10.1 Å². The molecule has 1 heterocycles. The van der Waals surface area contributed by atoms with Crippen LogP contribution in [0.5, 0.6) is 0 Å². The maximum absolute atomic E-state index is 5.88. The van der Waals surface area contributed by atoms with Crippen LogP contribution in [0.15, 0.2) is 33.7 Å². The number of nitrogens with zero attached hydrogens (tertiary/aromatic N) is 2. The Hall–Kier alpha value is -1.04. The summed E-state index contributed by atoms with van der Waals surface area (Å²) in [4.78, 5) is 5.37. The largest absolute Gasteiger partial charge is 0.337 e. The normalized spacial score (nSPS) is 11.8. The van der Waals surface area contributed by atoms with Gasteiger partial charge in [0, 0.05) is 9.92 Å². The van der Waals surface area contributed by atoms with Gasteiger partial charge in [-0.15, -0.1) is 11.8 Å². The maximum Gasteiger partial charge on any atom is 0.246 e. The number of hydrogen-bond acceptors (Lipinski definition) is 5. The Bertz CT molecular complexity index is 519. The van der Waals surface area contributed by atoms with E-state index < -0.39 is 5.54 Å². The molecule has 0 aliphatic carbocycles. The highest BCUT2D eigenvalue weighted by molar-refractivity contribution is 7.98. The van der Waals surface area contributed by atoms with Crippen LogP contribution < -0.4 is 5.73 Å². The van der Waals surface area contributed by atoms with Gasteiger partial charge in [-0.3, -0.25) is 0 Å². The summed E-state index contributed by atoms with van der Waals surface area (Å²) in [7, 11) is 0. The molecule has 96 valence electrons. The van der Waals surface area contributed by atoms with Gasteiger partial charge in [-0.05, 0) is 38.1 Å². The lowest BCUT2D eigenvalue weighted by Crippen LogP contribution is -2.29.